The molecule has 5 aromatic rings. The number of nitrogens with two attached hydrogens (primary N) is 1. The molecule has 5 aromatic carbocycles. The molecule has 0 amide bonds. The van der Waals surface area contributed by atoms with Crippen LogP contribution in [0, 0.1) is 6.92 Å². The molecule has 0 aromatic heterocycles. The quantitative estimate of drug-likeness (QED) is 0.176. The number of allylic oxidation sites excluding steroid dienone is 2. The molecule has 0 aliphatic heterocycles. The van der Waals surface area contributed by atoms with Gasteiger partial charge in [-0.3, -0.25) is 0 Å². The smallest absolute Gasteiger partial charge is 0.0184 e. The van der Waals surface area contributed by atoms with Crippen LogP contribution in [-0.4, -0.2) is 6.54 Å². The van der Waals surface area contributed by atoms with Crippen molar-refractivity contribution < 1.29 is 0 Å². The van der Waals surface area contributed by atoms with Crippen LogP contribution in [0.15, 0.2) is 158 Å². The van der Waals surface area contributed by atoms with Crippen molar-refractivity contribution in [3.63, 3.8) is 0 Å². The van der Waals surface area contributed by atoms with Crippen molar-refractivity contribution >= 4 is 29.4 Å². The third kappa shape index (κ3) is 7.26. The fourth-order valence-electron chi connectivity index (χ4n) is 4.31. The minimum atomic E-state index is -0.533. The van der Waals surface area contributed by atoms with E-state index >= 15 is 0 Å². The minimum Gasteiger partial charge on any atom is -0.326 e. The van der Waals surface area contributed by atoms with Gasteiger partial charge in [-0.25, -0.2) is 0 Å². The maximum absolute atomic E-state index is 5.57. The molecule has 5 rings (SSSR count). The van der Waals surface area contributed by atoms with Crippen LogP contribution in [0.25, 0.3) is 16.7 Å². The standard InChI is InChI=1S/C25H21P.C11H13N/c1-20-9-8-10-22(19-20)21-15-17-25(18-16-21)26(23-11-4-2-5-12-23)24-13-6-3-7-14-24;1-2-6-11(9-12)10-7-4-3-5-8-10/h2-19H,1H3;2-8H,1,9,12H2/b;11-6+. The molecule has 0 aliphatic carbocycles. The summed E-state index contributed by atoms with van der Waals surface area (Å²) in [6, 6.07) is 49.6. The van der Waals surface area contributed by atoms with Crippen molar-refractivity contribution in [3.05, 3.63) is 169 Å². The first-order chi connectivity index (χ1) is 18.7. The Morgan fingerprint density at radius 2 is 1.16 bits per heavy atom. The summed E-state index contributed by atoms with van der Waals surface area (Å²) in [5.74, 6) is 0. The van der Waals surface area contributed by atoms with Crippen LogP contribution in [0.5, 0.6) is 0 Å². The summed E-state index contributed by atoms with van der Waals surface area (Å²) in [4.78, 5) is 0. The van der Waals surface area contributed by atoms with Gasteiger partial charge < -0.3 is 5.73 Å². The Labute approximate surface area is 228 Å². The highest BCUT2D eigenvalue weighted by Crippen LogP contribution is 2.33. The zero-order chi connectivity index (χ0) is 26.6. The van der Waals surface area contributed by atoms with Gasteiger partial charge >= 0.3 is 0 Å². The maximum atomic E-state index is 5.57. The van der Waals surface area contributed by atoms with E-state index in [1.807, 2.05) is 36.4 Å². The zero-order valence-electron chi connectivity index (χ0n) is 21.9. The monoisotopic (exact) mass is 511 g/mol. The minimum absolute atomic E-state index is 0.533. The average Bonchev–Trinajstić information content (AvgIpc) is 2.98. The van der Waals surface area contributed by atoms with Gasteiger partial charge in [-0.15, -0.1) is 0 Å². The van der Waals surface area contributed by atoms with Crippen LogP contribution in [0.3, 0.4) is 0 Å². The van der Waals surface area contributed by atoms with Crippen LogP contribution < -0.4 is 21.6 Å². The van der Waals surface area contributed by atoms with Crippen LogP contribution in [-0.2, 0) is 0 Å². The summed E-state index contributed by atoms with van der Waals surface area (Å²) >= 11 is 0. The van der Waals surface area contributed by atoms with Gasteiger partial charge in [0.05, 0.1) is 0 Å². The Hall–Kier alpha value is -4.03. The Morgan fingerprint density at radius 1 is 0.632 bits per heavy atom. The van der Waals surface area contributed by atoms with Crippen LogP contribution in [0.2, 0.25) is 0 Å². The first kappa shape index (κ1) is 27.0. The van der Waals surface area contributed by atoms with Crippen molar-refractivity contribution in [1.82, 2.24) is 0 Å². The Balaban J connectivity index is 0.000000236. The van der Waals surface area contributed by atoms with Gasteiger partial charge in [0.2, 0.25) is 0 Å². The molecule has 38 heavy (non-hydrogen) atoms. The molecule has 0 saturated heterocycles. The normalized spacial score (nSPS) is 11.0. The second-order valence-corrected chi connectivity index (χ2v) is 11.1. The molecule has 1 nitrogen and oxygen atoms in total. The largest absolute Gasteiger partial charge is 0.326 e. The van der Waals surface area contributed by atoms with E-state index < -0.39 is 7.92 Å². The van der Waals surface area contributed by atoms with E-state index in [9.17, 15) is 0 Å². The van der Waals surface area contributed by atoms with Gasteiger partial charge in [-0.1, -0.05) is 164 Å². The topological polar surface area (TPSA) is 26.0 Å². The van der Waals surface area contributed by atoms with Crippen molar-refractivity contribution in [2.75, 3.05) is 6.54 Å². The van der Waals surface area contributed by atoms with E-state index in [-0.39, 0.29) is 0 Å². The molecule has 0 unspecified atom stereocenters. The molecule has 2 heteroatoms. The van der Waals surface area contributed by atoms with Crippen molar-refractivity contribution in [2.24, 2.45) is 5.73 Å². The van der Waals surface area contributed by atoms with Crippen molar-refractivity contribution in [1.29, 1.82) is 0 Å². The molecule has 0 saturated carbocycles. The lowest BCUT2D eigenvalue weighted by Crippen LogP contribution is -2.20. The molecule has 2 N–H and O–H groups in total. The highest BCUT2D eigenvalue weighted by atomic mass is 31.1. The van der Waals surface area contributed by atoms with Gasteiger partial charge in [0.15, 0.2) is 0 Å². The maximum Gasteiger partial charge on any atom is 0.0184 e. The van der Waals surface area contributed by atoms with Gasteiger partial charge in [-0.2, -0.15) is 0 Å². The summed E-state index contributed by atoms with van der Waals surface area (Å²) in [5, 5.41) is 4.16. The van der Waals surface area contributed by atoms with Gasteiger partial charge in [0.25, 0.3) is 0 Å². The molecule has 0 heterocycles. The lowest BCUT2D eigenvalue weighted by atomic mass is 10.0. The Kier molecular flexibility index (Phi) is 9.99. The van der Waals surface area contributed by atoms with Crippen molar-refractivity contribution in [3.8, 4) is 11.1 Å². The number of benzene rings is 5. The zero-order valence-corrected chi connectivity index (χ0v) is 22.8. The Bertz CT molecular complexity index is 1400. The molecule has 0 bridgehead atoms. The van der Waals surface area contributed by atoms with Gasteiger partial charge in [0.1, 0.15) is 0 Å². The predicted molar refractivity (Wildman–Crippen MR) is 169 cm³/mol. The lowest BCUT2D eigenvalue weighted by Gasteiger charge is -2.19. The van der Waals surface area contributed by atoms with Crippen LogP contribution >= 0.6 is 7.92 Å². The summed E-state index contributed by atoms with van der Waals surface area (Å²) in [6.07, 6.45) is 3.70. The van der Waals surface area contributed by atoms with E-state index in [0.717, 1.165) is 5.57 Å². The van der Waals surface area contributed by atoms with E-state index in [0.29, 0.717) is 6.54 Å². The van der Waals surface area contributed by atoms with Crippen LogP contribution in [0.1, 0.15) is 11.1 Å². The van der Waals surface area contributed by atoms with Crippen LogP contribution in [0.4, 0.5) is 0 Å². The summed E-state index contributed by atoms with van der Waals surface area (Å²) in [5.41, 5.74) is 11.7. The van der Waals surface area contributed by atoms with E-state index in [4.69, 9.17) is 5.73 Å². The molecule has 0 aliphatic rings. The highest BCUT2D eigenvalue weighted by Gasteiger charge is 2.16. The number of rotatable bonds is 7. The highest BCUT2D eigenvalue weighted by molar-refractivity contribution is 7.79. The fourth-order valence-corrected chi connectivity index (χ4v) is 6.59. The second-order valence-electron chi connectivity index (χ2n) is 8.92. The molecule has 0 radical (unpaired) electrons. The van der Waals surface area contributed by atoms with E-state index in [1.165, 1.54) is 38.2 Å². The van der Waals surface area contributed by atoms with Crippen molar-refractivity contribution in [2.45, 2.75) is 6.92 Å². The molecular weight excluding hydrogens is 477 g/mol. The second kappa shape index (κ2) is 14.1. The SMILES string of the molecule is C=C/C=C(\CN)c1ccccc1.Cc1cccc(-c2ccc(P(c3ccccc3)c3ccccc3)cc2)c1. The summed E-state index contributed by atoms with van der Waals surface area (Å²) in [6.45, 7) is 6.33. The lowest BCUT2D eigenvalue weighted by molar-refractivity contribution is 1.26. The third-order valence-corrected chi connectivity index (χ3v) is 8.63. The van der Waals surface area contributed by atoms with E-state index in [1.54, 1.807) is 6.08 Å². The Morgan fingerprint density at radius 3 is 1.66 bits per heavy atom. The van der Waals surface area contributed by atoms with Gasteiger partial charge in [-0.05, 0) is 53.0 Å². The number of hydrogen-bond acceptors (Lipinski definition) is 1. The average molecular weight is 512 g/mol. The first-order valence-corrected chi connectivity index (χ1v) is 14.2. The molecule has 188 valence electrons. The molecular formula is C36H34NP. The predicted octanol–water partition coefficient (Wildman–Crippen LogP) is 7.63. The van der Waals surface area contributed by atoms with Gasteiger partial charge in [0, 0.05) is 6.54 Å². The molecule has 0 atom stereocenters. The third-order valence-electron chi connectivity index (χ3n) is 6.19. The van der Waals surface area contributed by atoms with E-state index in [2.05, 4.69) is 123 Å². The first-order valence-electron chi connectivity index (χ1n) is 12.8. The number of aryl methyl sites for hydroxylation is 1. The number of hydrogen-bond donors (Lipinski definition) is 1. The fraction of sp³-hybridized carbons (Fsp3) is 0.0556. The summed E-state index contributed by atoms with van der Waals surface area (Å²) in [7, 11) is -0.533. The molecule has 0 spiro atoms. The molecule has 0 fully saturated rings. The summed E-state index contributed by atoms with van der Waals surface area (Å²) < 4.78 is 0.